The SMILES string of the molecule is O=C(C[NH+]1CCN(S(=O)(=O)c2ccccc2Cl)CC1)NCCc1ccccc1. The molecule has 0 saturated carbocycles. The van der Waals surface area contributed by atoms with E-state index < -0.39 is 10.0 Å². The first kappa shape index (κ1) is 20.8. The number of sulfonamides is 1. The maximum absolute atomic E-state index is 12.8. The number of carbonyl (C=O) groups excluding carboxylic acids is 1. The van der Waals surface area contributed by atoms with Crippen molar-refractivity contribution in [2.45, 2.75) is 11.3 Å². The van der Waals surface area contributed by atoms with Gasteiger partial charge in [-0.2, -0.15) is 4.31 Å². The van der Waals surface area contributed by atoms with Crippen molar-refractivity contribution in [2.24, 2.45) is 0 Å². The van der Waals surface area contributed by atoms with E-state index in [2.05, 4.69) is 5.32 Å². The van der Waals surface area contributed by atoms with Gasteiger partial charge in [-0.3, -0.25) is 4.79 Å². The first-order chi connectivity index (χ1) is 13.5. The second-order valence-corrected chi connectivity index (χ2v) is 9.16. The molecule has 1 aliphatic rings. The summed E-state index contributed by atoms with van der Waals surface area (Å²) < 4.78 is 27.0. The Morgan fingerprint density at radius 3 is 2.36 bits per heavy atom. The molecule has 6 nitrogen and oxygen atoms in total. The number of benzene rings is 2. The van der Waals surface area contributed by atoms with E-state index in [1.54, 1.807) is 18.2 Å². The van der Waals surface area contributed by atoms with Gasteiger partial charge in [0, 0.05) is 6.54 Å². The van der Waals surface area contributed by atoms with Crippen molar-refractivity contribution in [1.82, 2.24) is 9.62 Å². The van der Waals surface area contributed by atoms with Crippen LogP contribution in [0.1, 0.15) is 5.56 Å². The third-order valence-corrected chi connectivity index (χ3v) is 7.27. The second kappa shape index (κ2) is 9.52. The summed E-state index contributed by atoms with van der Waals surface area (Å²) in [6.07, 6.45) is 0.797. The van der Waals surface area contributed by atoms with Crippen LogP contribution >= 0.6 is 11.6 Å². The van der Waals surface area contributed by atoms with Crippen molar-refractivity contribution < 1.29 is 18.1 Å². The molecule has 0 aromatic heterocycles. The fraction of sp³-hybridized carbons (Fsp3) is 0.350. The number of rotatable bonds is 7. The molecule has 1 heterocycles. The lowest BCUT2D eigenvalue weighted by atomic mass is 10.1. The van der Waals surface area contributed by atoms with E-state index in [0.717, 1.165) is 11.3 Å². The Morgan fingerprint density at radius 1 is 1.04 bits per heavy atom. The largest absolute Gasteiger partial charge is 0.351 e. The molecule has 8 heteroatoms. The number of halogens is 1. The molecule has 2 N–H and O–H groups in total. The van der Waals surface area contributed by atoms with E-state index in [-0.39, 0.29) is 15.8 Å². The predicted molar refractivity (Wildman–Crippen MR) is 109 cm³/mol. The Kier molecular flexibility index (Phi) is 7.07. The Labute approximate surface area is 171 Å². The molecule has 1 saturated heterocycles. The molecule has 0 atom stereocenters. The molecule has 0 aliphatic carbocycles. The molecule has 0 bridgehead atoms. The number of quaternary nitrogens is 1. The van der Waals surface area contributed by atoms with Crippen molar-refractivity contribution in [2.75, 3.05) is 39.3 Å². The zero-order valence-electron chi connectivity index (χ0n) is 15.6. The summed E-state index contributed by atoms with van der Waals surface area (Å²) in [5, 5.41) is 3.18. The number of amides is 1. The highest BCUT2D eigenvalue weighted by Gasteiger charge is 2.32. The summed E-state index contributed by atoms with van der Waals surface area (Å²) in [4.78, 5) is 13.4. The number of nitrogens with one attached hydrogen (secondary N) is 2. The fourth-order valence-corrected chi connectivity index (χ4v) is 5.23. The van der Waals surface area contributed by atoms with Gasteiger partial charge in [-0.25, -0.2) is 8.42 Å². The Bertz CT molecular complexity index is 898. The molecule has 0 radical (unpaired) electrons. The van der Waals surface area contributed by atoms with Gasteiger partial charge in [-0.1, -0.05) is 54.1 Å². The Morgan fingerprint density at radius 2 is 1.68 bits per heavy atom. The highest BCUT2D eigenvalue weighted by atomic mass is 35.5. The molecule has 2 aromatic rings. The highest BCUT2D eigenvalue weighted by molar-refractivity contribution is 7.89. The van der Waals surface area contributed by atoms with Crippen LogP contribution in [0.5, 0.6) is 0 Å². The number of hydrogen-bond donors (Lipinski definition) is 2. The van der Waals surface area contributed by atoms with E-state index in [4.69, 9.17) is 11.6 Å². The standard InChI is InChI=1S/C20H24ClN3O3S/c21-18-8-4-5-9-19(18)28(26,27)24-14-12-23(13-15-24)16-20(25)22-11-10-17-6-2-1-3-7-17/h1-9H,10-16H2,(H,22,25)/p+1. The number of carbonyl (C=O) groups is 1. The van der Waals surface area contributed by atoms with Gasteiger partial charge < -0.3 is 10.2 Å². The van der Waals surface area contributed by atoms with Crippen molar-refractivity contribution in [3.8, 4) is 0 Å². The molecular formula is C20H25ClN3O3S+. The predicted octanol–water partition coefficient (Wildman–Crippen LogP) is 0.588. The van der Waals surface area contributed by atoms with Crippen molar-refractivity contribution >= 4 is 27.5 Å². The summed E-state index contributed by atoms with van der Waals surface area (Å²) in [6, 6.07) is 16.5. The second-order valence-electron chi connectivity index (χ2n) is 6.85. The minimum Gasteiger partial charge on any atom is -0.351 e. The van der Waals surface area contributed by atoms with Gasteiger partial charge in [0.2, 0.25) is 10.0 Å². The van der Waals surface area contributed by atoms with Crippen LogP contribution < -0.4 is 10.2 Å². The third kappa shape index (κ3) is 5.32. The number of hydrogen-bond acceptors (Lipinski definition) is 3. The summed E-state index contributed by atoms with van der Waals surface area (Å²) in [5.74, 6) is -0.00616. The van der Waals surface area contributed by atoms with Crippen molar-refractivity contribution in [3.05, 3.63) is 65.2 Å². The molecule has 0 unspecified atom stereocenters. The van der Waals surface area contributed by atoms with Gasteiger partial charge in [-0.05, 0) is 24.1 Å². The molecule has 1 fully saturated rings. The van der Waals surface area contributed by atoms with Crippen LogP contribution in [0.4, 0.5) is 0 Å². The zero-order chi connectivity index (χ0) is 20.0. The average Bonchev–Trinajstić information content (AvgIpc) is 2.69. The summed E-state index contributed by atoms with van der Waals surface area (Å²) in [6.45, 7) is 2.89. The molecule has 2 aromatic carbocycles. The van der Waals surface area contributed by atoms with Crippen LogP contribution in [0.25, 0.3) is 0 Å². The first-order valence-corrected chi connectivity index (χ1v) is 11.2. The lowest BCUT2D eigenvalue weighted by Crippen LogP contribution is -3.15. The summed E-state index contributed by atoms with van der Waals surface area (Å²) >= 11 is 6.05. The molecule has 28 heavy (non-hydrogen) atoms. The van der Waals surface area contributed by atoms with Gasteiger partial charge in [0.05, 0.1) is 31.2 Å². The minimum atomic E-state index is -3.60. The van der Waals surface area contributed by atoms with Gasteiger partial charge in [0.1, 0.15) is 4.90 Å². The highest BCUT2D eigenvalue weighted by Crippen LogP contribution is 2.23. The van der Waals surface area contributed by atoms with Crippen LogP contribution in [-0.2, 0) is 21.2 Å². The zero-order valence-corrected chi connectivity index (χ0v) is 17.2. The lowest BCUT2D eigenvalue weighted by Gasteiger charge is -2.31. The smallest absolute Gasteiger partial charge is 0.275 e. The van der Waals surface area contributed by atoms with Crippen LogP contribution in [0, 0.1) is 0 Å². The summed E-state index contributed by atoms with van der Waals surface area (Å²) in [5.41, 5.74) is 1.19. The third-order valence-electron chi connectivity index (χ3n) is 4.87. The van der Waals surface area contributed by atoms with Gasteiger partial charge in [-0.15, -0.1) is 0 Å². The van der Waals surface area contributed by atoms with E-state index in [1.807, 2.05) is 30.3 Å². The Hall–Kier alpha value is -1.93. The molecule has 1 aliphatic heterocycles. The van der Waals surface area contributed by atoms with Crippen LogP contribution in [-0.4, -0.2) is 57.9 Å². The van der Waals surface area contributed by atoms with Crippen molar-refractivity contribution in [1.29, 1.82) is 0 Å². The quantitative estimate of drug-likeness (QED) is 0.686. The van der Waals surface area contributed by atoms with E-state index >= 15 is 0 Å². The molecular weight excluding hydrogens is 398 g/mol. The van der Waals surface area contributed by atoms with Gasteiger partial charge in [0.15, 0.2) is 6.54 Å². The fourth-order valence-electron chi connectivity index (χ4n) is 3.29. The van der Waals surface area contributed by atoms with Gasteiger partial charge in [0.25, 0.3) is 5.91 Å². The van der Waals surface area contributed by atoms with Crippen LogP contribution in [0.2, 0.25) is 5.02 Å². The normalized spacial score (nSPS) is 16.0. The molecule has 1 amide bonds. The van der Waals surface area contributed by atoms with Crippen LogP contribution in [0.15, 0.2) is 59.5 Å². The van der Waals surface area contributed by atoms with Gasteiger partial charge >= 0.3 is 0 Å². The van der Waals surface area contributed by atoms with Crippen molar-refractivity contribution in [3.63, 3.8) is 0 Å². The maximum Gasteiger partial charge on any atom is 0.275 e. The molecule has 3 rings (SSSR count). The average molecular weight is 423 g/mol. The lowest BCUT2D eigenvalue weighted by molar-refractivity contribution is -0.895. The van der Waals surface area contributed by atoms with Crippen LogP contribution in [0.3, 0.4) is 0 Å². The topological polar surface area (TPSA) is 70.9 Å². The minimum absolute atomic E-state index is 0.00616. The van der Waals surface area contributed by atoms with E-state index in [1.165, 1.54) is 15.9 Å². The number of piperazine rings is 1. The van der Waals surface area contributed by atoms with E-state index in [9.17, 15) is 13.2 Å². The summed E-state index contributed by atoms with van der Waals surface area (Å²) in [7, 11) is -3.60. The maximum atomic E-state index is 12.8. The monoisotopic (exact) mass is 422 g/mol. The first-order valence-electron chi connectivity index (χ1n) is 9.35. The Balaban J connectivity index is 1.45. The van der Waals surface area contributed by atoms with E-state index in [0.29, 0.717) is 39.3 Å². The number of nitrogens with zero attached hydrogens (tertiary/aromatic N) is 1. The molecule has 150 valence electrons. The molecule has 0 spiro atoms.